The molecule has 116 valence electrons. The minimum atomic E-state index is -0.833. The van der Waals surface area contributed by atoms with E-state index >= 15 is 0 Å². The Hall–Kier alpha value is -0.0800. The molecule has 0 aromatic carbocycles. The van der Waals surface area contributed by atoms with E-state index in [1.54, 1.807) is 0 Å². The number of fused-ring (bicyclic) bond motifs is 2. The highest BCUT2D eigenvalue weighted by molar-refractivity contribution is 5.11. The van der Waals surface area contributed by atoms with Crippen molar-refractivity contribution in [3.05, 3.63) is 0 Å². The first-order chi connectivity index (χ1) is 9.29. The normalized spacial score (nSPS) is 43.6. The first-order valence-electron chi connectivity index (χ1n) is 8.69. The third kappa shape index (κ3) is 2.06. The fourth-order valence-corrected chi connectivity index (χ4v) is 5.63. The smallest absolute Gasteiger partial charge is 0.165 e. The minimum Gasteiger partial charge on any atom is -0.365 e. The molecule has 0 amide bonds. The van der Waals surface area contributed by atoms with Gasteiger partial charge in [-0.25, -0.2) is 0 Å². The zero-order chi connectivity index (χ0) is 14.6. The molecule has 0 aliphatic heterocycles. The van der Waals surface area contributed by atoms with Gasteiger partial charge in [0.25, 0.3) is 0 Å². The van der Waals surface area contributed by atoms with Crippen LogP contribution in [0, 0.1) is 22.7 Å². The van der Waals surface area contributed by atoms with Crippen LogP contribution in [-0.4, -0.2) is 17.0 Å². The molecular weight excluding hydrogens is 248 g/mol. The second-order valence-corrected chi connectivity index (χ2v) is 8.55. The predicted molar refractivity (Wildman–Crippen MR) is 81.3 cm³/mol. The van der Waals surface area contributed by atoms with Crippen LogP contribution in [0.2, 0.25) is 0 Å². The van der Waals surface area contributed by atoms with Gasteiger partial charge in [-0.2, -0.15) is 0 Å². The molecule has 0 saturated heterocycles. The number of aliphatic hydroxyl groups is 1. The Labute approximate surface area is 124 Å². The van der Waals surface area contributed by atoms with Gasteiger partial charge in [-0.1, -0.05) is 27.2 Å². The quantitative estimate of drug-likeness (QED) is 0.771. The molecule has 0 radical (unpaired) electrons. The van der Waals surface area contributed by atoms with Crippen molar-refractivity contribution < 1.29 is 9.84 Å². The van der Waals surface area contributed by atoms with E-state index in [4.69, 9.17) is 4.74 Å². The van der Waals surface area contributed by atoms with Gasteiger partial charge < -0.3 is 9.84 Å². The molecule has 2 bridgehead atoms. The van der Waals surface area contributed by atoms with Crippen LogP contribution in [0.5, 0.6) is 0 Å². The lowest BCUT2D eigenvalue weighted by Gasteiger charge is -2.44. The van der Waals surface area contributed by atoms with E-state index in [2.05, 4.69) is 27.7 Å². The lowest BCUT2D eigenvalue weighted by atomic mass is 9.65. The summed E-state index contributed by atoms with van der Waals surface area (Å²) in [6.07, 6.45) is 9.32. The fraction of sp³-hybridized carbons (Fsp3) is 1.00. The highest BCUT2D eigenvalue weighted by Gasteiger charge is 2.62. The van der Waals surface area contributed by atoms with E-state index in [0.717, 1.165) is 31.6 Å². The van der Waals surface area contributed by atoms with Crippen molar-refractivity contribution in [2.24, 2.45) is 22.7 Å². The molecule has 3 saturated carbocycles. The molecule has 0 aromatic rings. The zero-order valence-corrected chi connectivity index (χ0v) is 13.7. The van der Waals surface area contributed by atoms with E-state index in [9.17, 15) is 5.11 Å². The van der Waals surface area contributed by atoms with Gasteiger partial charge in [0.15, 0.2) is 5.79 Å². The van der Waals surface area contributed by atoms with Crippen LogP contribution in [0.3, 0.4) is 0 Å². The largest absolute Gasteiger partial charge is 0.365 e. The summed E-state index contributed by atoms with van der Waals surface area (Å²) in [5.74, 6) is 0.631. The average Bonchev–Trinajstić information content (AvgIpc) is 2.71. The first kappa shape index (κ1) is 14.8. The van der Waals surface area contributed by atoms with Crippen LogP contribution in [0.1, 0.15) is 79.1 Å². The average molecular weight is 280 g/mol. The molecule has 3 aliphatic carbocycles. The molecule has 3 fully saturated rings. The van der Waals surface area contributed by atoms with Crippen LogP contribution >= 0.6 is 0 Å². The highest BCUT2D eigenvalue weighted by atomic mass is 16.6. The van der Waals surface area contributed by atoms with Crippen LogP contribution < -0.4 is 0 Å². The molecule has 2 nitrogen and oxygen atoms in total. The van der Waals surface area contributed by atoms with Crippen LogP contribution in [0.25, 0.3) is 0 Å². The first-order valence-corrected chi connectivity index (χ1v) is 8.69. The van der Waals surface area contributed by atoms with Crippen molar-refractivity contribution in [1.29, 1.82) is 0 Å². The molecule has 20 heavy (non-hydrogen) atoms. The maximum Gasteiger partial charge on any atom is 0.165 e. The Morgan fingerprint density at radius 3 is 2.20 bits per heavy atom. The standard InChI is InChI=1S/C18H32O2/c1-13(20-18(19)9-6-5-7-10-18)15-12-14-8-11-17(15,4)16(14,2)3/h13-15,19H,5-12H2,1-4H3/t13?,14-,15+,17+/m0/s1. The Morgan fingerprint density at radius 1 is 1.05 bits per heavy atom. The lowest BCUT2D eigenvalue weighted by Crippen LogP contribution is -2.44. The fourth-order valence-electron chi connectivity index (χ4n) is 5.63. The Bertz CT molecular complexity index is 370. The van der Waals surface area contributed by atoms with Crippen molar-refractivity contribution in [1.82, 2.24) is 0 Å². The summed E-state index contributed by atoms with van der Waals surface area (Å²) in [6, 6.07) is 0. The van der Waals surface area contributed by atoms with Crippen LogP contribution in [0.15, 0.2) is 0 Å². The number of ether oxygens (including phenoxy) is 1. The Morgan fingerprint density at radius 2 is 1.70 bits per heavy atom. The van der Waals surface area contributed by atoms with Gasteiger partial charge in [-0.05, 0) is 61.7 Å². The second kappa shape index (κ2) is 4.71. The molecule has 2 heteroatoms. The van der Waals surface area contributed by atoms with Gasteiger partial charge in [0.05, 0.1) is 6.10 Å². The molecule has 3 aliphatic rings. The van der Waals surface area contributed by atoms with E-state index in [1.807, 2.05) is 0 Å². The maximum absolute atomic E-state index is 10.7. The predicted octanol–water partition coefficient (Wildman–Crippen LogP) is 4.51. The van der Waals surface area contributed by atoms with Gasteiger partial charge in [-0.15, -0.1) is 0 Å². The van der Waals surface area contributed by atoms with E-state index in [-0.39, 0.29) is 6.10 Å². The van der Waals surface area contributed by atoms with Crippen molar-refractivity contribution in [2.75, 3.05) is 0 Å². The topological polar surface area (TPSA) is 29.5 Å². The van der Waals surface area contributed by atoms with Crippen LogP contribution in [0.4, 0.5) is 0 Å². The number of rotatable bonds is 3. The molecule has 1 N–H and O–H groups in total. The van der Waals surface area contributed by atoms with Gasteiger partial charge in [0.2, 0.25) is 0 Å². The molecule has 0 heterocycles. The summed E-state index contributed by atoms with van der Waals surface area (Å²) >= 11 is 0. The SMILES string of the molecule is CC(OC1(O)CCCCC1)[C@H]1C[C@@H]2CC[C@@]1(C)C2(C)C. The van der Waals surface area contributed by atoms with Gasteiger partial charge in [0, 0.05) is 12.8 Å². The van der Waals surface area contributed by atoms with Crippen molar-refractivity contribution in [3.63, 3.8) is 0 Å². The molecular formula is C18H32O2. The Balaban J connectivity index is 1.71. The van der Waals surface area contributed by atoms with Gasteiger partial charge >= 0.3 is 0 Å². The van der Waals surface area contributed by atoms with E-state index in [1.165, 1.54) is 25.7 Å². The summed E-state index contributed by atoms with van der Waals surface area (Å²) in [6.45, 7) is 9.58. The van der Waals surface area contributed by atoms with Gasteiger partial charge in [0.1, 0.15) is 0 Å². The van der Waals surface area contributed by atoms with E-state index in [0.29, 0.717) is 16.7 Å². The number of hydrogen-bond donors (Lipinski definition) is 1. The van der Waals surface area contributed by atoms with Crippen molar-refractivity contribution in [3.8, 4) is 0 Å². The van der Waals surface area contributed by atoms with Crippen molar-refractivity contribution in [2.45, 2.75) is 91.0 Å². The Kier molecular flexibility index (Phi) is 3.49. The molecule has 4 atom stereocenters. The number of hydrogen-bond acceptors (Lipinski definition) is 2. The summed E-state index contributed by atoms with van der Waals surface area (Å²) < 4.78 is 6.23. The second-order valence-electron chi connectivity index (χ2n) is 8.55. The van der Waals surface area contributed by atoms with Gasteiger partial charge in [-0.3, -0.25) is 0 Å². The maximum atomic E-state index is 10.7. The monoisotopic (exact) mass is 280 g/mol. The minimum absolute atomic E-state index is 0.188. The molecule has 0 aromatic heterocycles. The lowest BCUT2D eigenvalue weighted by molar-refractivity contribution is -0.257. The molecule has 3 rings (SSSR count). The summed E-state index contributed by atoms with van der Waals surface area (Å²) in [5, 5.41) is 10.7. The third-order valence-electron chi connectivity index (χ3n) is 7.47. The highest BCUT2D eigenvalue weighted by Crippen LogP contribution is 2.69. The summed E-state index contributed by atoms with van der Waals surface area (Å²) in [4.78, 5) is 0. The zero-order valence-electron chi connectivity index (χ0n) is 13.7. The van der Waals surface area contributed by atoms with Crippen molar-refractivity contribution >= 4 is 0 Å². The molecule has 1 unspecified atom stereocenters. The van der Waals surface area contributed by atoms with E-state index < -0.39 is 5.79 Å². The third-order valence-corrected chi connectivity index (χ3v) is 7.47. The summed E-state index contributed by atoms with van der Waals surface area (Å²) in [7, 11) is 0. The van der Waals surface area contributed by atoms with Crippen LogP contribution in [-0.2, 0) is 4.74 Å². The molecule has 0 spiro atoms. The summed E-state index contributed by atoms with van der Waals surface area (Å²) in [5.41, 5.74) is 0.826.